The second-order valence-electron chi connectivity index (χ2n) is 4.92. The van der Waals surface area contributed by atoms with Crippen molar-refractivity contribution in [3.05, 3.63) is 74.2 Å². The van der Waals surface area contributed by atoms with Crippen molar-refractivity contribution in [2.75, 3.05) is 5.32 Å². The van der Waals surface area contributed by atoms with E-state index in [4.69, 9.17) is 16.6 Å². The maximum Gasteiger partial charge on any atom is 0.336 e. The van der Waals surface area contributed by atoms with E-state index in [2.05, 4.69) is 33.2 Å². The van der Waals surface area contributed by atoms with E-state index in [1.54, 1.807) is 36.4 Å². The number of hydrogen-bond donors (Lipinski definition) is 2. The topological polar surface area (TPSA) is 71.3 Å². The molecule has 0 atom stereocenters. The molecule has 1 amide bonds. The van der Waals surface area contributed by atoms with Crippen molar-refractivity contribution >= 4 is 62.5 Å². The Balaban J connectivity index is 1.70. The monoisotopic (exact) mass is 450 g/mol. The van der Waals surface area contributed by atoms with Crippen LogP contribution in [0.3, 0.4) is 0 Å². The smallest absolute Gasteiger partial charge is 0.336 e. The Morgan fingerprint density at radius 3 is 2.54 bits per heavy atom. The molecule has 2 aromatic carbocycles. The van der Waals surface area contributed by atoms with Crippen molar-refractivity contribution in [1.29, 1.82) is 0 Å². The third-order valence-electron chi connectivity index (χ3n) is 3.21. The number of amides is 1. The van der Waals surface area contributed by atoms with Gasteiger partial charge in [0.2, 0.25) is 0 Å². The number of rotatable bonds is 2. The van der Waals surface area contributed by atoms with Gasteiger partial charge in [-0.3, -0.25) is 10.1 Å². The highest BCUT2D eigenvalue weighted by Gasteiger charge is 2.08. The largest absolute Gasteiger partial charge is 0.423 e. The van der Waals surface area contributed by atoms with Gasteiger partial charge >= 0.3 is 5.63 Å². The van der Waals surface area contributed by atoms with E-state index < -0.39 is 5.63 Å². The van der Waals surface area contributed by atoms with E-state index in [0.29, 0.717) is 16.8 Å². The molecule has 3 rings (SSSR count). The molecule has 0 fully saturated rings. The molecular weight excluding hydrogens is 439 g/mol. The van der Waals surface area contributed by atoms with Gasteiger partial charge in [-0.2, -0.15) is 0 Å². The molecule has 0 aliphatic rings. The zero-order valence-electron chi connectivity index (χ0n) is 12.2. The fourth-order valence-electron chi connectivity index (χ4n) is 2.09. The van der Waals surface area contributed by atoms with Crippen molar-refractivity contribution in [3.63, 3.8) is 0 Å². The first-order chi connectivity index (χ1) is 11.5. The lowest BCUT2D eigenvalue weighted by Gasteiger charge is -2.10. The fraction of sp³-hybridized carbons (Fsp3) is 0. The number of hydrogen-bond acceptors (Lipinski definition) is 4. The molecule has 1 heterocycles. The molecule has 0 aliphatic heterocycles. The van der Waals surface area contributed by atoms with Crippen molar-refractivity contribution in [2.45, 2.75) is 0 Å². The summed E-state index contributed by atoms with van der Waals surface area (Å²) in [6.07, 6.45) is 0. The van der Waals surface area contributed by atoms with Crippen LogP contribution in [-0.2, 0) is 0 Å². The summed E-state index contributed by atoms with van der Waals surface area (Å²) in [7, 11) is 0. The van der Waals surface area contributed by atoms with Gasteiger partial charge in [0.15, 0.2) is 5.11 Å². The van der Waals surface area contributed by atoms with Gasteiger partial charge in [-0.25, -0.2) is 4.79 Å². The average Bonchev–Trinajstić information content (AvgIpc) is 2.55. The number of carbonyl (C=O) groups is 1. The molecule has 120 valence electrons. The summed E-state index contributed by atoms with van der Waals surface area (Å²) in [5, 5.41) is 6.51. The molecule has 0 spiro atoms. The Morgan fingerprint density at radius 2 is 1.79 bits per heavy atom. The molecule has 7 heteroatoms. The lowest BCUT2D eigenvalue weighted by molar-refractivity contribution is 0.0977. The van der Waals surface area contributed by atoms with E-state index in [9.17, 15) is 9.59 Å². The maximum absolute atomic E-state index is 12.1. The predicted octanol–water partition coefficient (Wildman–Crippen LogP) is 3.52. The minimum absolute atomic E-state index is 0.190. The third-order valence-corrected chi connectivity index (χ3v) is 4.13. The Labute approximate surface area is 156 Å². The summed E-state index contributed by atoms with van der Waals surface area (Å²) in [6.45, 7) is 0. The summed E-state index contributed by atoms with van der Waals surface area (Å²) in [4.78, 5) is 23.3. The van der Waals surface area contributed by atoms with Crippen molar-refractivity contribution in [1.82, 2.24) is 5.32 Å². The zero-order chi connectivity index (χ0) is 17.1. The highest BCUT2D eigenvalue weighted by molar-refractivity contribution is 14.1. The quantitative estimate of drug-likeness (QED) is 0.355. The minimum Gasteiger partial charge on any atom is -0.423 e. The van der Waals surface area contributed by atoms with Gasteiger partial charge in [-0.15, -0.1) is 0 Å². The minimum atomic E-state index is -0.400. The van der Waals surface area contributed by atoms with Crippen molar-refractivity contribution < 1.29 is 9.21 Å². The van der Waals surface area contributed by atoms with Crippen molar-refractivity contribution in [3.8, 4) is 0 Å². The fourth-order valence-corrected chi connectivity index (χ4v) is 2.66. The Bertz CT molecular complexity index is 983. The van der Waals surface area contributed by atoms with Crippen LogP contribution in [0.5, 0.6) is 0 Å². The molecule has 0 bridgehead atoms. The SMILES string of the molecule is O=C(NC(=S)Nc1ccc2oc(=O)ccc2c1)c1ccc(I)cc1. The van der Waals surface area contributed by atoms with E-state index in [1.165, 1.54) is 6.07 Å². The van der Waals surface area contributed by atoms with Crippen LogP contribution in [0.2, 0.25) is 0 Å². The Hall–Kier alpha value is -2.26. The standard InChI is InChI=1S/C17H11IN2O3S/c18-12-4-1-10(2-5-12)16(22)20-17(24)19-13-6-7-14-11(9-13)3-8-15(21)23-14/h1-9H,(H2,19,20,22,24). The van der Waals surface area contributed by atoms with Gasteiger partial charge in [-0.05, 0) is 83.3 Å². The zero-order valence-corrected chi connectivity index (χ0v) is 15.2. The number of thiocarbonyl (C=S) groups is 1. The van der Waals surface area contributed by atoms with Crippen LogP contribution in [0, 0.1) is 3.57 Å². The lowest BCUT2D eigenvalue weighted by atomic mass is 10.2. The molecule has 0 saturated carbocycles. The first-order valence-electron chi connectivity index (χ1n) is 6.93. The Kier molecular flexibility index (Phi) is 4.91. The van der Waals surface area contributed by atoms with Crippen LogP contribution >= 0.6 is 34.8 Å². The number of anilines is 1. The molecule has 3 aromatic rings. The highest BCUT2D eigenvalue weighted by atomic mass is 127. The summed E-state index contributed by atoms with van der Waals surface area (Å²) in [6, 6.07) is 15.4. The van der Waals surface area contributed by atoms with Crippen LogP contribution in [-0.4, -0.2) is 11.0 Å². The lowest BCUT2D eigenvalue weighted by Crippen LogP contribution is -2.34. The molecule has 2 N–H and O–H groups in total. The third kappa shape index (κ3) is 3.98. The predicted molar refractivity (Wildman–Crippen MR) is 105 cm³/mol. The average molecular weight is 450 g/mol. The number of nitrogens with one attached hydrogen (secondary N) is 2. The number of benzene rings is 2. The molecule has 0 aliphatic carbocycles. The number of fused-ring (bicyclic) bond motifs is 1. The van der Waals surface area contributed by atoms with Gasteiger partial charge in [0.1, 0.15) is 5.58 Å². The van der Waals surface area contributed by atoms with Gasteiger partial charge in [-0.1, -0.05) is 0 Å². The molecule has 5 nitrogen and oxygen atoms in total. The second kappa shape index (κ2) is 7.10. The summed E-state index contributed by atoms with van der Waals surface area (Å²) < 4.78 is 6.12. The molecule has 0 radical (unpaired) electrons. The van der Waals surface area contributed by atoms with E-state index in [-0.39, 0.29) is 11.0 Å². The number of carbonyl (C=O) groups excluding carboxylic acids is 1. The normalized spacial score (nSPS) is 10.4. The maximum atomic E-state index is 12.1. The molecular formula is C17H11IN2O3S. The first-order valence-corrected chi connectivity index (χ1v) is 8.42. The van der Waals surface area contributed by atoms with Crippen molar-refractivity contribution in [2.24, 2.45) is 0 Å². The molecule has 1 aromatic heterocycles. The Morgan fingerprint density at radius 1 is 1.04 bits per heavy atom. The number of halogens is 1. The first kappa shape index (κ1) is 16.6. The molecule has 0 saturated heterocycles. The van der Waals surface area contributed by atoms with E-state index in [1.807, 2.05) is 12.1 Å². The van der Waals surface area contributed by atoms with Crippen LogP contribution in [0.4, 0.5) is 5.69 Å². The molecule has 0 unspecified atom stereocenters. The summed E-state index contributed by atoms with van der Waals surface area (Å²) >= 11 is 7.34. The van der Waals surface area contributed by atoms with Crippen LogP contribution in [0.25, 0.3) is 11.0 Å². The summed E-state index contributed by atoms with van der Waals surface area (Å²) in [5.41, 5.74) is 1.30. The van der Waals surface area contributed by atoms with Gasteiger partial charge in [0.25, 0.3) is 5.91 Å². The van der Waals surface area contributed by atoms with E-state index >= 15 is 0 Å². The molecule has 24 heavy (non-hydrogen) atoms. The van der Waals surface area contributed by atoms with Crippen LogP contribution in [0.1, 0.15) is 10.4 Å². The van der Waals surface area contributed by atoms with Gasteiger partial charge in [0, 0.05) is 26.3 Å². The van der Waals surface area contributed by atoms with Crippen LogP contribution in [0.15, 0.2) is 63.8 Å². The van der Waals surface area contributed by atoms with Gasteiger partial charge < -0.3 is 9.73 Å². The van der Waals surface area contributed by atoms with Gasteiger partial charge in [0.05, 0.1) is 0 Å². The summed E-state index contributed by atoms with van der Waals surface area (Å²) in [5.74, 6) is -0.282. The second-order valence-corrected chi connectivity index (χ2v) is 6.58. The van der Waals surface area contributed by atoms with Crippen LogP contribution < -0.4 is 16.3 Å². The highest BCUT2D eigenvalue weighted by Crippen LogP contribution is 2.17. The van der Waals surface area contributed by atoms with E-state index in [0.717, 1.165) is 8.96 Å².